The van der Waals surface area contributed by atoms with E-state index in [4.69, 9.17) is 16.9 Å². The van der Waals surface area contributed by atoms with Crippen LogP contribution >= 0.6 is 43.5 Å². The predicted molar refractivity (Wildman–Crippen MR) is 81.2 cm³/mol. The summed E-state index contributed by atoms with van der Waals surface area (Å²) in [5, 5.41) is 12.3. The number of hydrogen-bond acceptors (Lipinski definition) is 2. The molecule has 2 aromatic rings. The van der Waals surface area contributed by atoms with E-state index >= 15 is 0 Å². The van der Waals surface area contributed by atoms with E-state index in [0.29, 0.717) is 15.2 Å². The minimum Gasteiger partial charge on any atom is -0.352 e. The average molecular weight is 404 g/mol. The van der Waals surface area contributed by atoms with Gasteiger partial charge < -0.3 is 5.32 Å². The third-order valence-corrected chi connectivity index (χ3v) is 4.60. The zero-order valence-corrected chi connectivity index (χ0v) is 13.3. The highest BCUT2D eigenvalue weighted by atomic mass is 79.9. The fourth-order valence-corrected chi connectivity index (χ4v) is 2.45. The van der Waals surface area contributed by atoms with E-state index in [9.17, 15) is 4.39 Å². The van der Waals surface area contributed by atoms with E-state index in [2.05, 4.69) is 37.2 Å². The van der Waals surface area contributed by atoms with Gasteiger partial charge in [-0.3, -0.25) is 0 Å². The Balaban J connectivity index is 2.43. The monoisotopic (exact) mass is 402 g/mol. The molecule has 6 heteroatoms. The minimum atomic E-state index is -0.522. The van der Waals surface area contributed by atoms with Gasteiger partial charge in [-0.05, 0) is 56.1 Å². The van der Waals surface area contributed by atoms with Crippen molar-refractivity contribution in [2.24, 2.45) is 0 Å². The van der Waals surface area contributed by atoms with Crippen LogP contribution in [0.25, 0.3) is 0 Å². The van der Waals surface area contributed by atoms with Crippen LogP contribution in [-0.2, 0) is 0 Å². The SMILES string of the molecule is N#Cc1ccc(Nc2cccc(Cl)c2Br)c(F)c1Br. The number of nitrogens with one attached hydrogen (secondary N) is 1. The third-order valence-electron chi connectivity index (χ3n) is 2.42. The van der Waals surface area contributed by atoms with Crippen molar-refractivity contribution < 1.29 is 4.39 Å². The van der Waals surface area contributed by atoms with Crippen LogP contribution in [0, 0.1) is 17.1 Å². The van der Waals surface area contributed by atoms with Crippen LogP contribution in [0.4, 0.5) is 15.8 Å². The molecule has 19 heavy (non-hydrogen) atoms. The van der Waals surface area contributed by atoms with Crippen LogP contribution in [-0.4, -0.2) is 0 Å². The smallest absolute Gasteiger partial charge is 0.162 e. The first-order valence-corrected chi connectivity index (χ1v) is 7.10. The summed E-state index contributed by atoms with van der Waals surface area (Å²) in [5.41, 5.74) is 1.14. The molecule has 0 heterocycles. The average Bonchev–Trinajstić information content (AvgIpc) is 2.40. The lowest BCUT2D eigenvalue weighted by Gasteiger charge is -2.11. The molecule has 0 aromatic heterocycles. The number of benzene rings is 2. The summed E-state index contributed by atoms with van der Waals surface area (Å²) >= 11 is 12.4. The zero-order valence-electron chi connectivity index (χ0n) is 9.35. The van der Waals surface area contributed by atoms with Crippen molar-refractivity contribution in [3.63, 3.8) is 0 Å². The highest BCUT2D eigenvalue weighted by Gasteiger charge is 2.12. The molecule has 0 saturated heterocycles. The van der Waals surface area contributed by atoms with Gasteiger partial charge >= 0.3 is 0 Å². The summed E-state index contributed by atoms with van der Waals surface area (Å²) in [6.45, 7) is 0. The molecule has 0 atom stereocenters. The van der Waals surface area contributed by atoms with Gasteiger partial charge in [0.15, 0.2) is 5.82 Å². The first kappa shape index (κ1) is 14.3. The van der Waals surface area contributed by atoms with Gasteiger partial charge in [-0.2, -0.15) is 5.26 Å². The lowest BCUT2D eigenvalue weighted by molar-refractivity contribution is 0.624. The first-order chi connectivity index (χ1) is 9.04. The van der Waals surface area contributed by atoms with E-state index in [1.165, 1.54) is 12.1 Å². The zero-order chi connectivity index (χ0) is 14.0. The van der Waals surface area contributed by atoms with E-state index in [1.54, 1.807) is 18.2 Å². The second-order valence-electron chi connectivity index (χ2n) is 3.63. The maximum absolute atomic E-state index is 14.1. The molecule has 0 aliphatic rings. The summed E-state index contributed by atoms with van der Waals surface area (Å²) in [5.74, 6) is -0.522. The Morgan fingerprint density at radius 1 is 1.11 bits per heavy atom. The second kappa shape index (κ2) is 5.91. The van der Waals surface area contributed by atoms with Gasteiger partial charge in [0.1, 0.15) is 6.07 Å². The van der Waals surface area contributed by atoms with Gasteiger partial charge in [-0.25, -0.2) is 4.39 Å². The molecule has 0 fully saturated rings. The lowest BCUT2D eigenvalue weighted by Crippen LogP contribution is -1.97. The first-order valence-electron chi connectivity index (χ1n) is 5.13. The van der Waals surface area contributed by atoms with E-state index in [1.807, 2.05) is 6.07 Å². The lowest BCUT2D eigenvalue weighted by atomic mass is 10.2. The molecular formula is C13H6Br2ClFN2. The van der Waals surface area contributed by atoms with Crippen molar-refractivity contribution in [1.29, 1.82) is 5.26 Å². The molecule has 0 aliphatic heterocycles. The standard InChI is InChI=1S/C13H6Br2ClFN2/c14-11-7(6-18)4-5-10(13(11)17)19-9-3-1-2-8(16)12(9)15/h1-5,19H. The van der Waals surface area contributed by atoms with Crippen molar-refractivity contribution in [1.82, 2.24) is 0 Å². The van der Waals surface area contributed by atoms with E-state index in [-0.39, 0.29) is 15.7 Å². The molecular weight excluding hydrogens is 398 g/mol. The van der Waals surface area contributed by atoms with Gasteiger partial charge in [-0.15, -0.1) is 0 Å². The van der Waals surface area contributed by atoms with E-state index < -0.39 is 5.82 Å². The summed E-state index contributed by atoms with van der Waals surface area (Å²) in [7, 11) is 0. The summed E-state index contributed by atoms with van der Waals surface area (Å²) in [6, 6.07) is 10.2. The Labute approximate surface area is 131 Å². The highest BCUT2D eigenvalue weighted by molar-refractivity contribution is 9.11. The molecule has 2 aromatic carbocycles. The summed E-state index contributed by atoms with van der Waals surface area (Å²) in [4.78, 5) is 0. The van der Waals surface area contributed by atoms with Crippen LogP contribution < -0.4 is 5.32 Å². The number of nitriles is 1. The van der Waals surface area contributed by atoms with Crippen molar-refractivity contribution >= 4 is 54.8 Å². The molecule has 0 amide bonds. The molecule has 0 saturated carbocycles. The predicted octanol–water partition coefficient (Wildman–Crippen LogP) is 5.62. The van der Waals surface area contributed by atoms with Crippen LogP contribution in [0.2, 0.25) is 5.02 Å². The van der Waals surface area contributed by atoms with Crippen molar-refractivity contribution in [3.8, 4) is 6.07 Å². The van der Waals surface area contributed by atoms with Crippen LogP contribution in [0.3, 0.4) is 0 Å². The summed E-state index contributed by atoms with van der Waals surface area (Å²) < 4.78 is 14.8. The molecule has 2 rings (SSSR count). The largest absolute Gasteiger partial charge is 0.352 e. The molecule has 1 N–H and O–H groups in total. The molecule has 0 spiro atoms. The van der Waals surface area contributed by atoms with Crippen LogP contribution in [0.15, 0.2) is 39.3 Å². The molecule has 2 nitrogen and oxygen atoms in total. The number of nitrogens with zero attached hydrogens (tertiary/aromatic N) is 1. The minimum absolute atomic E-state index is 0.137. The Bertz CT molecular complexity index is 683. The number of hydrogen-bond donors (Lipinski definition) is 1. The molecule has 0 bridgehead atoms. The van der Waals surface area contributed by atoms with Crippen LogP contribution in [0.5, 0.6) is 0 Å². The van der Waals surface area contributed by atoms with Gasteiger partial charge in [0.05, 0.1) is 30.9 Å². The molecule has 0 aliphatic carbocycles. The van der Waals surface area contributed by atoms with Crippen molar-refractivity contribution in [2.45, 2.75) is 0 Å². The van der Waals surface area contributed by atoms with Gasteiger partial charge in [-0.1, -0.05) is 17.7 Å². The second-order valence-corrected chi connectivity index (χ2v) is 5.62. The van der Waals surface area contributed by atoms with Crippen molar-refractivity contribution in [2.75, 3.05) is 5.32 Å². The molecule has 96 valence electrons. The fraction of sp³-hybridized carbons (Fsp3) is 0. The number of rotatable bonds is 2. The number of anilines is 2. The Kier molecular flexibility index (Phi) is 4.46. The van der Waals surface area contributed by atoms with Gasteiger partial charge in [0.2, 0.25) is 0 Å². The summed E-state index contributed by atoms with van der Waals surface area (Å²) in [6.07, 6.45) is 0. The quantitative estimate of drug-likeness (QED) is 0.705. The van der Waals surface area contributed by atoms with Crippen LogP contribution in [0.1, 0.15) is 5.56 Å². The maximum atomic E-state index is 14.1. The Morgan fingerprint density at radius 2 is 1.84 bits per heavy atom. The third kappa shape index (κ3) is 2.92. The van der Waals surface area contributed by atoms with E-state index in [0.717, 1.165) is 0 Å². The Hall–Kier alpha value is -1.09. The molecule has 0 unspecified atom stereocenters. The van der Waals surface area contributed by atoms with Gasteiger partial charge in [0, 0.05) is 0 Å². The van der Waals surface area contributed by atoms with Crippen molar-refractivity contribution in [3.05, 3.63) is 55.7 Å². The normalized spacial score (nSPS) is 10.1. The number of halogens is 4. The highest BCUT2D eigenvalue weighted by Crippen LogP contribution is 2.34. The van der Waals surface area contributed by atoms with Gasteiger partial charge in [0.25, 0.3) is 0 Å². The maximum Gasteiger partial charge on any atom is 0.162 e. The fourth-order valence-electron chi connectivity index (χ4n) is 1.48. The topological polar surface area (TPSA) is 35.8 Å². The Morgan fingerprint density at radius 3 is 2.53 bits per heavy atom. The molecule has 0 radical (unpaired) electrons.